The maximum absolute atomic E-state index is 14.1. The van der Waals surface area contributed by atoms with Crippen molar-refractivity contribution >= 4 is 23.0 Å². The summed E-state index contributed by atoms with van der Waals surface area (Å²) in [6.45, 7) is 0.522. The van der Waals surface area contributed by atoms with Crippen molar-refractivity contribution < 1.29 is 13.6 Å². The van der Waals surface area contributed by atoms with Gasteiger partial charge in [0.25, 0.3) is 0 Å². The van der Waals surface area contributed by atoms with Gasteiger partial charge in [0.1, 0.15) is 11.6 Å². The predicted octanol–water partition coefficient (Wildman–Crippen LogP) is 2.85. The number of nitrogens with one attached hydrogen (secondary N) is 2. The van der Waals surface area contributed by atoms with E-state index >= 15 is 0 Å². The number of nitrogen functional groups attached to an aromatic ring is 1. The number of carbonyl (C=O) groups excluding carboxylic acids is 1. The van der Waals surface area contributed by atoms with Crippen LogP contribution in [0.1, 0.15) is 17.5 Å². The van der Waals surface area contributed by atoms with Gasteiger partial charge in [-0.25, -0.2) is 8.78 Å². The van der Waals surface area contributed by atoms with Crippen LogP contribution < -0.4 is 11.1 Å². The molecule has 1 amide bonds. The maximum atomic E-state index is 14.1. The van der Waals surface area contributed by atoms with Crippen LogP contribution in [0.5, 0.6) is 0 Å². The van der Waals surface area contributed by atoms with E-state index in [-0.39, 0.29) is 35.0 Å². The van der Waals surface area contributed by atoms with Gasteiger partial charge in [-0.3, -0.25) is 10.2 Å². The molecule has 2 aromatic carbocycles. The number of amides is 1. The van der Waals surface area contributed by atoms with Gasteiger partial charge in [-0.2, -0.15) is 0 Å². The van der Waals surface area contributed by atoms with Gasteiger partial charge in [-0.1, -0.05) is 12.1 Å². The van der Waals surface area contributed by atoms with Crippen LogP contribution in [-0.4, -0.2) is 37.2 Å². The van der Waals surface area contributed by atoms with Crippen LogP contribution in [0.25, 0.3) is 0 Å². The minimum absolute atomic E-state index is 0.0399. The van der Waals surface area contributed by atoms with Crippen LogP contribution in [0.4, 0.5) is 20.2 Å². The first-order chi connectivity index (χ1) is 11.8. The van der Waals surface area contributed by atoms with E-state index < -0.39 is 11.6 Å². The molecule has 0 saturated heterocycles. The van der Waals surface area contributed by atoms with Crippen molar-refractivity contribution in [1.29, 1.82) is 5.41 Å². The molecule has 4 N–H and O–H groups in total. The molecule has 0 spiro atoms. The summed E-state index contributed by atoms with van der Waals surface area (Å²) in [5.74, 6) is -1.52. The van der Waals surface area contributed by atoms with E-state index in [1.54, 1.807) is 6.07 Å². The Morgan fingerprint density at radius 1 is 1.24 bits per heavy atom. The second kappa shape index (κ2) is 7.85. The van der Waals surface area contributed by atoms with Gasteiger partial charge in [0.2, 0.25) is 5.91 Å². The third-order valence-electron chi connectivity index (χ3n) is 3.58. The molecule has 0 heterocycles. The molecule has 5 nitrogen and oxygen atoms in total. The minimum Gasteiger partial charge on any atom is -0.398 e. The fourth-order valence-corrected chi connectivity index (χ4v) is 2.24. The Labute approximate surface area is 145 Å². The largest absolute Gasteiger partial charge is 0.398 e. The number of rotatable bonds is 6. The highest BCUT2D eigenvalue weighted by Gasteiger charge is 2.15. The highest BCUT2D eigenvalue weighted by atomic mass is 19.1. The molecule has 0 bridgehead atoms. The zero-order valence-electron chi connectivity index (χ0n) is 14.1. The van der Waals surface area contributed by atoms with E-state index in [2.05, 4.69) is 5.32 Å². The molecule has 2 rings (SSSR count). The first-order valence-corrected chi connectivity index (χ1v) is 7.66. The van der Waals surface area contributed by atoms with Gasteiger partial charge in [0, 0.05) is 29.8 Å². The smallest absolute Gasteiger partial charge is 0.225 e. The second-order valence-corrected chi connectivity index (χ2v) is 5.91. The van der Waals surface area contributed by atoms with Gasteiger partial charge in [0.05, 0.1) is 11.4 Å². The van der Waals surface area contributed by atoms with Crippen molar-refractivity contribution in [3.63, 3.8) is 0 Å². The molecule has 0 atom stereocenters. The lowest BCUT2D eigenvalue weighted by molar-refractivity contribution is -0.116. The Bertz CT molecular complexity index is 806. The Morgan fingerprint density at radius 2 is 1.96 bits per heavy atom. The number of halogens is 2. The van der Waals surface area contributed by atoms with E-state index in [9.17, 15) is 13.6 Å². The van der Waals surface area contributed by atoms with Crippen LogP contribution in [0.15, 0.2) is 36.4 Å². The summed E-state index contributed by atoms with van der Waals surface area (Å²) in [4.78, 5) is 13.7. The van der Waals surface area contributed by atoms with Crippen molar-refractivity contribution in [3.8, 4) is 0 Å². The molecule has 132 valence electrons. The summed E-state index contributed by atoms with van der Waals surface area (Å²) < 4.78 is 27.4. The van der Waals surface area contributed by atoms with Crippen LogP contribution in [0.2, 0.25) is 0 Å². The third-order valence-corrected chi connectivity index (χ3v) is 3.58. The van der Waals surface area contributed by atoms with E-state index in [4.69, 9.17) is 11.1 Å². The second-order valence-electron chi connectivity index (χ2n) is 5.91. The summed E-state index contributed by atoms with van der Waals surface area (Å²) in [5, 5.41) is 10.7. The van der Waals surface area contributed by atoms with Crippen molar-refractivity contribution in [2.24, 2.45) is 0 Å². The quantitative estimate of drug-likeness (QED) is 0.556. The first kappa shape index (κ1) is 18.5. The molecule has 0 aliphatic carbocycles. The molecule has 0 aromatic heterocycles. The molecule has 0 aliphatic heterocycles. The molecule has 0 fully saturated rings. The molecular weight excluding hydrogens is 326 g/mol. The van der Waals surface area contributed by atoms with Gasteiger partial charge < -0.3 is 16.0 Å². The SMILES string of the molecule is CN(C)CCC(=O)Nc1cc(C(=N)c2cccc(F)c2)c(N)cc1F. The molecule has 0 saturated carbocycles. The van der Waals surface area contributed by atoms with E-state index in [0.717, 1.165) is 6.07 Å². The average Bonchev–Trinajstić information content (AvgIpc) is 2.55. The number of hydrogen-bond donors (Lipinski definition) is 3. The summed E-state index contributed by atoms with van der Waals surface area (Å²) in [6, 6.07) is 7.84. The Kier molecular flexibility index (Phi) is 5.82. The zero-order chi connectivity index (χ0) is 18.6. The summed E-state index contributed by atoms with van der Waals surface area (Å²) in [6.07, 6.45) is 0.202. The topological polar surface area (TPSA) is 82.2 Å². The van der Waals surface area contributed by atoms with E-state index in [0.29, 0.717) is 12.1 Å². The van der Waals surface area contributed by atoms with Crippen molar-refractivity contribution in [1.82, 2.24) is 4.90 Å². The van der Waals surface area contributed by atoms with Crippen LogP contribution >= 0.6 is 0 Å². The fraction of sp³-hybridized carbons (Fsp3) is 0.222. The molecule has 25 heavy (non-hydrogen) atoms. The predicted molar refractivity (Wildman–Crippen MR) is 94.9 cm³/mol. The van der Waals surface area contributed by atoms with Gasteiger partial charge >= 0.3 is 0 Å². The van der Waals surface area contributed by atoms with Crippen LogP contribution in [0.3, 0.4) is 0 Å². The number of anilines is 2. The minimum atomic E-state index is -0.688. The Balaban J connectivity index is 2.28. The number of carbonyl (C=O) groups is 1. The van der Waals surface area contributed by atoms with Gasteiger partial charge in [-0.15, -0.1) is 0 Å². The highest BCUT2D eigenvalue weighted by Crippen LogP contribution is 2.25. The summed E-state index contributed by atoms with van der Waals surface area (Å²) in [5.41, 5.74) is 6.25. The Morgan fingerprint density at radius 3 is 2.60 bits per heavy atom. The molecule has 0 unspecified atom stereocenters. The fourth-order valence-electron chi connectivity index (χ4n) is 2.24. The van der Waals surface area contributed by atoms with Crippen LogP contribution in [0, 0.1) is 17.0 Å². The molecule has 2 aromatic rings. The number of hydrogen-bond acceptors (Lipinski definition) is 4. The monoisotopic (exact) mass is 346 g/mol. The van der Waals surface area contributed by atoms with E-state index in [1.807, 2.05) is 19.0 Å². The molecule has 7 heteroatoms. The molecular formula is C18H20F2N4O. The molecule has 0 aliphatic rings. The van der Waals surface area contributed by atoms with Crippen molar-refractivity contribution in [2.75, 3.05) is 31.7 Å². The number of nitrogens with zero attached hydrogens (tertiary/aromatic N) is 1. The Hall–Kier alpha value is -2.80. The van der Waals surface area contributed by atoms with Crippen molar-refractivity contribution in [3.05, 3.63) is 59.2 Å². The number of nitrogens with two attached hydrogens (primary N) is 1. The van der Waals surface area contributed by atoms with Crippen LogP contribution in [-0.2, 0) is 4.79 Å². The standard InChI is InChI=1S/C18H20F2N4O/c1-24(2)7-6-17(25)23-16-9-13(15(21)10-14(16)20)18(22)11-4-3-5-12(19)8-11/h3-5,8-10,22H,6-7,21H2,1-2H3,(H,23,25). The lowest BCUT2D eigenvalue weighted by Crippen LogP contribution is -2.21. The van der Waals surface area contributed by atoms with Gasteiger partial charge in [0.15, 0.2) is 0 Å². The first-order valence-electron chi connectivity index (χ1n) is 7.66. The highest BCUT2D eigenvalue weighted by molar-refractivity contribution is 6.14. The summed E-state index contributed by atoms with van der Waals surface area (Å²) in [7, 11) is 3.66. The normalized spacial score (nSPS) is 10.8. The lowest BCUT2D eigenvalue weighted by Gasteiger charge is -2.13. The van der Waals surface area contributed by atoms with E-state index in [1.165, 1.54) is 24.3 Å². The lowest BCUT2D eigenvalue weighted by atomic mass is 10.00. The molecule has 0 radical (unpaired) electrons. The number of benzene rings is 2. The van der Waals surface area contributed by atoms with Crippen molar-refractivity contribution in [2.45, 2.75) is 6.42 Å². The summed E-state index contributed by atoms with van der Waals surface area (Å²) >= 11 is 0. The zero-order valence-corrected chi connectivity index (χ0v) is 14.1. The van der Waals surface area contributed by atoms with Gasteiger partial charge in [-0.05, 0) is 38.4 Å². The average molecular weight is 346 g/mol. The maximum Gasteiger partial charge on any atom is 0.225 e. The third kappa shape index (κ3) is 4.84.